The highest BCUT2D eigenvalue weighted by molar-refractivity contribution is 6.53. The number of hydrogen-bond donors (Lipinski definition) is 3. The maximum absolute atomic E-state index is 13.3. The second kappa shape index (κ2) is 9.65. The summed E-state index contributed by atoms with van der Waals surface area (Å²) in [5.41, 5.74) is 3.39. The number of carbonyl (C=O) groups excluding carboxylic acids is 1. The van der Waals surface area contributed by atoms with E-state index in [1.165, 1.54) is 0 Å². The van der Waals surface area contributed by atoms with Gasteiger partial charge in [0.05, 0.1) is 11.7 Å². The van der Waals surface area contributed by atoms with Gasteiger partial charge in [0, 0.05) is 17.8 Å². The molecule has 0 spiro atoms. The molecule has 5 nitrogen and oxygen atoms in total. The molecule has 1 aromatic heterocycles. The Morgan fingerprint density at radius 1 is 1.25 bits per heavy atom. The number of halogens is 3. The minimum Gasteiger partial charge on any atom is -0.386 e. The van der Waals surface area contributed by atoms with Crippen LogP contribution in [-0.2, 0) is 4.79 Å². The molecule has 3 atom stereocenters. The molecule has 1 saturated heterocycles. The molecule has 0 radical (unpaired) electrons. The lowest BCUT2D eigenvalue weighted by Gasteiger charge is -2.22. The summed E-state index contributed by atoms with van der Waals surface area (Å²) >= 11 is 10.9. The Bertz CT molecular complexity index is 781. The van der Waals surface area contributed by atoms with Crippen LogP contribution in [0, 0.1) is 0 Å². The van der Waals surface area contributed by atoms with Crippen molar-refractivity contribution < 1.29 is 14.3 Å². The van der Waals surface area contributed by atoms with E-state index in [-0.39, 0.29) is 0 Å². The van der Waals surface area contributed by atoms with Crippen molar-refractivity contribution in [2.45, 2.75) is 35.9 Å². The van der Waals surface area contributed by atoms with E-state index in [9.17, 15) is 14.3 Å². The minimum atomic E-state index is -1.32. The summed E-state index contributed by atoms with van der Waals surface area (Å²) in [6, 6.07) is 10.3. The van der Waals surface area contributed by atoms with E-state index in [0.29, 0.717) is 11.6 Å². The van der Waals surface area contributed by atoms with Gasteiger partial charge >= 0.3 is 0 Å². The Labute approximate surface area is 173 Å². The van der Waals surface area contributed by atoms with Crippen molar-refractivity contribution in [1.29, 1.82) is 0 Å². The van der Waals surface area contributed by atoms with Gasteiger partial charge < -0.3 is 15.7 Å². The van der Waals surface area contributed by atoms with Gasteiger partial charge in [-0.3, -0.25) is 9.78 Å². The molecule has 3 N–H and O–H groups in total. The first-order valence-electron chi connectivity index (χ1n) is 9.12. The Balaban J connectivity index is 1.69. The third-order valence-electron chi connectivity index (χ3n) is 4.86. The summed E-state index contributed by atoms with van der Waals surface area (Å²) < 4.78 is 13.3. The van der Waals surface area contributed by atoms with Crippen LogP contribution in [0.2, 0.25) is 0 Å². The van der Waals surface area contributed by atoms with Gasteiger partial charge in [-0.05, 0) is 36.6 Å². The van der Waals surface area contributed by atoms with Crippen molar-refractivity contribution in [2.75, 3.05) is 13.2 Å². The van der Waals surface area contributed by atoms with Crippen molar-refractivity contribution in [3.05, 3.63) is 53.9 Å². The second-order valence-electron chi connectivity index (χ2n) is 6.76. The summed E-state index contributed by atoms with van der Waals surface area (Å²) in [4.78, 5) is 14.8. The topological polar surface area (TPSA) is 74.2 Å². The molecule has 8 heteroatoms. The van der Waals surface area contributed by atoms with E-state index < -0.39 is 29.6 Å². The van der Waals surface area contributed by atoms with Crippen molar-refractivity contribution in [1.82, 2.24) is 15.6 Å². The standard InChI is InChI=1S/C20H22Cl2FN3O2/c21-19(22)20(28)26-17(10-23)18(27)13-5-3-12(4-6-13)14-7-8-16(25-11-14)15-2-1-9-24-15/h3-8,11,15,17-19,24,27H,1-2,9-10H2,(H,26,28)/t15?,17-,18+/m1/s1. The lowest BCUT2D eigenvalue weighted by molar-refractivity contribution is -0.121. The fraction of sp³-hybridized carbons (Fsp3) is 0.400. The van der Waals surface area contributed by atoms with E-state index >= 15 is 0 Å². The monoisotopic (exact) mass is 425 g/mol. The second-order valence-corrected chi connectivity index (χ2v) is 7.85. The molecule has 2 aromatic rings. The van der Waals surface area contributed by atoms with Crippen molar-refractivity contribution in [3.8, 4) is 11.1 Å². The van der Waals surface area contributed by atoms with Gasteiger partial charge in [-0.1, -0.05) is 53.5 Å². The summed E-state index contributed by atoms with van der Waals surface area (Å²) in [6.07, 6.45) is 2.87. The smallest absolute Gasteiger partial charge is 0.253 e. The summed E-state index contributed by atoms with van der Waals surface area (Å²) in [5, 5.41) is 16.1. The highest BCUT2D eigenvalue weighted by Crippen LogP contribution is 2.26. The molecule has 150 valence electrons. The van der Waals surface area contributed by atoms with Gasteiger partial charge in [0.2, 0.25) is 0 Å². The zero-order chi connectivity index (χ0) is 20.1. The van der Waals surface area contributed by atoms with Crippen LogP contribution in [0.25, 0.3) is 11.1 Å². The van der Waals surface area contributed by atoms with E-state index in [2.05, 4.69) is 15.6 Å². The van der Waals surface area contributed by atoms with Crippen LogP contribution in [0.4, 0.5) is 4.39 Å². The zero-order valence-electron chi connectivity index (χ0n) is 15.1. The quantitative estimate of drug-likeness (QED) is 0.593. The molecule has 0 bridgehead atoms. The number of aromatic nitrogens is 1. The molecule has 1 aromatic carbocycles. The van der Waals surface area contributed by atoms with Gasteiger partial charge in [-0.2, -0.15) is 0 Å². The molecule has 1 fully saturated rings. The first kappa shape index (κ1) is 21.0. The van der Waals surface area contributed by atoms with E-state index in [0.717, 1.165) is 36.2 Å². The molecule has 1 unspecified atom stereocenters. The molecule has 1 aliphatic rings. The number of pyridine rings is 1. The molecular formula is C20H22Cl2FN3O2. The minimum absolute atomic E-state index is 0.319. The Kier molecular flexibility index (Phi) is 7.24. The number of alkyl halides is 3. The number of carbonyl (C=O) groups is 1. The highest BCUT2D eigenvalue weighted by Gasteiger charge is 2.25. The molecule has 0 aliphatic carbocycles. The van der Waals surface area contributed by atoms with Crippen LogP contribution in [0.1, 0.15) is 36.2 Å². The van der Waals surface area contributed by atoms with Crippen LogP contribution < -0.4 is 10.6 Å². The van der Waals surface area contributed by atoms with Crippen molar-refractivity contribution in [3.63, 3.8) is 0 Å². The van der Waals surface area contributed by atoms with Crippen molar-refractivity contribution >= 4 is 29.1 Å². The summed E-state index contributed by atoms with van der Waals surface area (Å²) in [7, 11) is 0. The number of nitrogens with zero attached hydrogens (tertiary/aromatic N) is 1. The molecule has 2 heterocycles. The lowest BCUT2D eigenvalue weighted by Crippen LogP contribution is -2.43. The fourth-order valence-corrected chi connectivity index (χ4v) is 3.40. The Morgan fingerprint density at radius 2 is 1.96 bits per heavy atom. The fourth-order valence-electron chi connectivity index (χ4n) is 3.27. The maximum atomic E-state index is 13.3. The maximum Gasteiger partial charge on any atom is 0.253 e. The molecule has 28 heavy (non-hydrogen) atoms. The predicted molar refractivity (Wildman–Crippen MR) is 108 cm³/mol. The van der Waals surface area contributed by atoms with Crippen LogP contribution in [0.15, 0.2) is 42.6 Å². The highest BCUT2D eigenvalue weighted by atomic mass is 35.5. The number of rotatable bonds is 7. The van der Waals surface area contributed by atoms with Crippen LogP contribution in [-0.4, -0.2) is 40.1 Å². The number of nitrogens with one attached hydrogen (secondary N) is 2. The lowest BCUT2D eigenvalue weighted by atomic mass is 9.99. The zero-order valence-corrected chi connectivity index (χ0v) is 16.6. The largest absolute Gasteiger partial charge is 0.386 e. The third kappa shape index (κ3) is 5.00. The van der Waals surface area contributed by atoms with Crippen LogP contribution >= 0.6 is 23.2 Å². The van der Waals surface area contributed by atoms with E-state index in [4.69, 9.17) is 23.2 Å². The van der Waals surface area contributed by atoms with Crippen molar-refractivity contribution in [2.24, 2.45) is 0 Å². The van der Waals surface area contributed by atoms with E-state index in [1.54, 1.807) is 12.1 Å². The number of hydrogen-bond acceptors (Lipinski definition) is 4. The first-order chi connectivity index (χ1) is 13.5. The summed E-state index contributed by atoms with van der Waals surface area (Å²) in [5.74, 6) is -0.746. The molecular weight excluding hydrogens is 404 g/mol. The van der Waals surface area contributed by atoms with Gasteiger partial charge in [0.1, 0.15) is 12.8 Å². The number of aliphatic hydroxyl groups excluding tert-OH is 1. The van der Waals surface area contributed by atoms with E-state index in [1.807, 2.05) is 30.5 Å². The number of benzene rings is 1. The first-order valence-corrected chi connectivity index (χ1v) is 9.99. The Hall–Kier alpha value is -1.73. The van der Waals surface area contributed by atoms with Gasteiger partial charge in [0.25, 0.3) is 5.91 Å². The Morgan fingerprint density at radius 3 is 2.50 bits per heavy atom. The van der Waals surface area contributed by atoms with Gasteiger partial charge in [0.15, 0.2) is 4.84 Å². The van der Waals surface area contributed by atoms with Crippen LogP contribution in [0.3, 0.4) is 0 Å². The van der Waals surface area contributed by atoms with Gasteiger partial charge in [-0.25, -0.2) is 4.39 Å². The average molecular weight is 426 g/mol. The normalized spacial score (nSPS) is 18.8. The molecule has 1 amide bonds. The van der Waals surface area contributed by atoms with Crippen LogP contribution in [0.5, 0.6) is 0 Å². The number of amides is 1. The van der Waals surface area contributed by atoms with Gasteiger partial charge in [-0.15, -0.1) is 0 Å². The number of aliphatic hydroxyl groups is 1. The predicted octanol–water partition coefficient (Wildman–Crippen LogP) is 3.46. The summed E-state index contributed by atoms with van der Waals surface area (Å²) in [6.45, 7) is 0.0738. The third-order valence-corrected chi connectivity index (χ3v) is 5.26. The SMILES string of the molecule is O=C(N[C@H](CF)[C@@H](O)c1ccc(-c2ccc(C3CCCN3)nc2)cc1)C(Cl)Cl. The molecule has 1 aliphatic heterocycles. The molecule has 0 saturated carbocycles. The average Bonchev–Trinajstić information content (AvgIpc) is 3.26. The molecule has 3 rings (SSSR count).